The monoisotopic (exact) mass is 390 g/mol. The van der Waals surface area contributed by atoms with Crippen LogP contribution >= 0.6 is 0 Å². The van der Waals surface area contributed by atoms with Crippen LogP contribution in [0.4, 0.5) is 0 Å². The van der Waals surface area contributed by atoms with Crippen LogP contribution in [0.15, 0.2) is 109 Å². The Balaban J connectivity index is 0.000000172. The van der Waals surface area contributed by atoms with Gasteiger partial charge in [0.05, 0.1) is 0 Å². The van der Waals surface area contributed by atoms with Gasteiger partial charge in [-0.25, -0.2) is 0 Å². The molecule has 0 atom stereocenters. The fraction of sp³-hybridized carbons (Fsp3) is 0.133. The standard InChI is InChI=1S/C16H16.C14H14/c1-2-14-8-10-16(11-9-14)13-12-15-6-4-3-5-7-15;1-2-12-8-10-14(11-9-12)13-6-4-3-5-7-13/h3-13H,2H2,1H3;3-11H,2H2,1H3/b13-12+;. The van der Waals surface area contributed by atoms with Crippen molar-refractivity contribution in [2.24, 2.45) is 0 Å². The second-order valence-corrected chi connectivity index (χ2v) is 7.26. The molecule has 0 saturated carbocycles. The highest BCUT2D eigenvalue weighted by Gasteiger charge is 1.95. The summed E-state index contributed by atoms with van der Waals surface area (Å²) in [6.45, 7) is 4.35. The molecule has 4 rings (SSSR count). The summed E-state index contributed by atoms with van der Waals surface area (Å²) in [6, 6.07) is 38.3. The van der Waals surface area contributed by atoms with Crippen molar-refractivity contribution in [2.45, 2.75) is 26.7 Å². The lowest BCUT2D eigenvalue weighted by molar-refractivity contribution is 1.14. The third-order valence-corrected chi connectivity index (χ3v) is 5.13. The number of aryl methyl sites for hydroxylation is 2. The summed E-state index contributed by atoms with van der Waals surface area (Å²) >= 11 is 0. The summed E-state index contributed by atoms with van der Waals surface area (Å²) in [7, 11) is 0. The van der Waals surface area contributed by atoms with E-state index in [1.165, 1.54) is 33.4 Å². The van der Waals surface area contributed by atoms with Crippen molar-refractivity contribution in [3.8, 4) is 11.1 Å². The van der Waals surface area contributed by atoms with E-state index in [4.69, 9.17) is 0 Å². The molecule has 0 aliphatic carbocycles. The fourth-order valence-corrected chi connectivity index (χ4v) is 3.18. The van der Waals surface area contributed by atoms with Gasteiger partial charge in [-0.05, 0) is 46.2 Å². The van der Waals surface area contributed by atoms with Crippen LogP contribution < -0.4 is 0 Å². The van der Waals surface area contributed by atoms with Crippen LogP contribution in [0, 0.1) is 0 Å². The van der Waals surface area contributed by atoms with Gasteiger partial charge in [-0.1, -0.05) is 135 Å². The topological polar surface area (TPSA) is 0 Å². The Morgan fingerprint density at radius 3 is 1.33 bits per heavy atom. The highest BCUT2D eigenvalue weighted by molar-refractivity contribution is 5.69. The van der Waals surface area contributed by atoms with Gasteiger partial charge >= 0.3 is 0 Å². The van der Waals surface area contributed by atoms with E-state index in [0.717, 1.165) is 12.8 Å². The Hall–Kier alpha value is -3.38. The molecule has 0 aliphatic heterocycles. The molecular formula is C30H30. The number of hydrogen-bond acceptors (Lipinski definition) is 0. The normalized spacial score (nSPS) is 10.5. The Bertz CT molecular complexity index is 1010. The Morgan fingerprint density at radius 2 is 0.833 bits per heavy atom. The maximum absolute atomic E-state index is 2.20. The first-order valence-electron chi connectivity index (χ1n) is 10.7. The van der Waals surface area contributed by atoms with Crippen LogP contribution in [0.25, 0.3) is 23.3 Å². The molecule has 0 bridgehead atoms. The van der Waals surface area contributed by atoms with E-state index in [1.54, 1.807) is 0 Å². The molecule has 0 saturated heterocycles. The predicted octanol–water partition coefficient (Wildman–Crippen LogP) is 8.34. The molecule has 4 aromatic carbocycles. The molecule has 0 heterocycles. The van der Waals surface area contributed by atoms with Crippen LogP contribution in [0.1, 0.15) is 36.1 Å². The van der Waals surface area contributed by atoms with E-state index in [1.807, 2.05) is 12.1 Å². The lowest BCUT2D eigenvalue weighted by Gasteiger charge is -2.02. The first-order valence-corrected chi connectivity index (χ1v) is 10.7. The number of benzene rings is 4. The molecule has 0 unspecified atom stereocenters. The van der Waals surface area contributed by atoms with Crippen molar-refractivity contribution < 1.29 is 0 Å². The quantitative estimate of drug-likeness (QED) is 0.300. The molecule has 0 N–H and O–H groups in total. The van der Waals surface area contributed by atoms with E-state index in [-0.39, 0.29) is 0 Å². The van der Waals surface area contributed by atoms with Crippen LogP contribution in [0.3, 0.4) is 0 Å². The van der Waals surface area contributed by atoms with Gasteiger partial charge < -0.3 is 0 Å². The first kappa shape index (κ1) is 21.3. The third-order valence-electron chi connectivity index (χ3n) is 5.13. The zero-order valence-electron chi connectivity index (χ0n) is 18.0. The molecule has 0 fully saturated rings. The highest BCUT2D eigenvalue weighted by Crippen LogP contribution is 2.19. The summed E-state index contributed by atoms with van der Waals surface area (Å²) in [5.74, 6) is 0. The van der Waals surface area contributed by atoms with E-state index in [2.05, 4.69) is 123 Å². The number of rotatable bonds is 5. The molecule has 0 nitrogen and oxygen atoms in total. The van der Waals surface area contributed by atoms with Gasteiger partial charge in [-0.15, -0.1) is 0 Å². The van der Waals surface area contributed by atoms with Gasteiger partial charge in [0.2, 0.25) is 0 Å². The van der Waals surface area contributed by atoms with Crippen LogP contribution in [0.2, 0.25) is 0 Å². The molecule has 0 heteroatoms. The Kier molecular flexibility index (Phi) is 8.23. The van der Waals surface area contributed by atoms with Crippen molar-refractivity contribution in [3.63, 3.8) is 0 Å². The third kappa shape index (κ3) is 6.60. The largest absolute Gasteiger partial charge is 0.0622 e. The molecule has 4 aromatic rings. The van der Waals surface area contributed by atoms with Crippen molar-refractivity contribution in [1.82, 2.24) is 0 Å². The van der Waals surface area contributed by atoms with Gasteiger partial charge in [0.15, 0.2) is 0 Å². The zero-order valence-corrected chi connectivity index (χ0v) is 18.0. The molecule has 0 radical (unpaired) electrons. The van der Waals surface area contributed by atoms with E-state index < -0.39 is 0 Å². The van der Waals surface area contributed by atoms with Gasteiger partial charge in [0, 0.05) is 0 Å². The van der Waals surface area contributed by atoms with E-state index in [0.29, 0.717) is 0 Å². The fourth-order valence-electron chi connectivity index (χ4n) is 3.18. The van der Waals surface area contributed by atoms with Crippen LogP contribution in [-0.2, 0) is 12.8 Å². The molecule has 0 aliphatic rings. The van der Waals surface area contributed by atoms with Gasteiger partial charge in [-0.3, -0.25) is 0 Å². The minimum absolute atomic E-state index is 1.10. The lowest BCUT2D eigenvalue weighted by Crippen LogP contribution is -1.80. The maximum Gasteiger partial charge on any atom is -0.0184 e. The van der Waals surface area contributed by atoms with Gasteiger partial charge in [0.25, 0.3) is 0 Å². The van der Waals surface area contributed by atoms with Crippen molar-refractivity contribution >= 4 is 12.2 Å². The summed E-state index contributed by atoms with van der Waals surface area (Å²) < 4.78 is 0. The Labute approximate surface area is 181 Å². The van der Waals surface area contributed by atoms with Crippen LogP contribution in [0.5, 0.6) is 0 Å². The van der Waals surface area contributed by atoms with Gasteiger partial charge in [-0.2, -0.15) is 0 Å². The summed E-state index contributed by atoms with van der Waals surface area (Å²) in [5, 5.41) is 0. The second kappa shape index (κ2) is 11.6. The lowest BCUT2D eigenvalue weighted by atomic mass is 10.0. The van der Waals surface area contributed by atoms with Crippen molar-refractivity contribution in [3.05, 3.63) is 131 Å². The molecule has 30 heavy (non-hydrogen) atoms. The molecule has 0 aromatic heterocycles. The predicted molar refractivity (Wildman–Crippen MR) is 132 cm³/mol. The smallest absolute Gasteiger partial charge is 0.0184 e. The second-order valence-electron chi connectivity index (χ2n) is 7.26. The van der Waals surface area contributed by atoms with Crippen LogP contribution in [-0.4, -0.2) is 0 Å². The maximum atomic E-state index is 2.20. The molecule has 150 valence electrons. The van der Waals surface area contributed by atoms with Gasteiger partial charge in [0.1, 0.15) is 0 Å². The summed E-state index contributed by atoms with van der Waals surface area (Å²) in [4.78, 5) is 0. The van der Waals surface area contributed by atoms with E-state index in [9.17, 15) is 0 Å². The number of hydrogen-bond donors (Lipinski definition) is 0. The summed E-state index contributed by atoms with van der Waals surface area (Å²) in [6.07, 6.45) is 6.49. The average Bonchev–Trinajstić information content (AvgIpc) is 2.85. The minimum atomic E-state index is 1.10. The average molecular weight is 391 g/mol. The minimum Gasteiger partial charge on any atom is -0.0622 e. The molecule has 0 amide bonds. The summed E-state index contributed by atoms with van der Waals surface area (Å²) in [5.41, 5.74) is 7.85. The molecule has 0 spiro atoms. The Morgan fingerprint density at radius 1 is 0.433 bits per heavy atom. The SMILES string of the molecule is CCc1ccc(-c2ccccc2)cc1.CCc1ccc(/C=C/c2ccccc2)cc1. The zero-order chi connectivity index (χ0) is 21.0. The molecular weight excluding hydrogens is 360 g/mol. The first-order chi connectivity index (χ1) is 14.8. The van der Waals surface area contributed by atoms with Crippen molar-refractivity contribution in [1.29, 1.82) is 0 Å². The van der Waals surface area contributed by atoms with Crippen molar-refractivity contribution in [2.75, 3.05) is 0 Å². The highest BCUT2D eigenvalue weighted by atomic mass is 14.0. The van der Waals surface area contributed by atoms with E-state index >= 15 is 0 Å².